The zero-order valence-corrected chi connectivity index (χ0v) is 15.8. The fourth-order valence-electron chi connectivity index (χ4n) is 2.26. The van der Waals surface area contributed by atoms with Crippen LogP contribution in [0, 0.1) is 0 Å². The normalized spacial score (nSPS) is 12.8. The first-order valence-electron chi connectivity index (χ1n) is 8.56. The molecule has 0 unspecified atom stereocenters. The number of phenols is 1. The highest BCUT2D eigenvalue weighted by Gasteiger charge is 2.30. The van der Waals surface area contributed by atoms with Crippen LogP contribution in [0.4, 0.5) is 24.5 Å². The molecule has 2 rings (SSSR count). The molecule has 2 aromatic carbocycles. The number of halogens is 3. The number of hydrogen-bond acceptors (Lipinski definition) is 8. The Balaban J connectivity index is 2.41. The highest BCUT2D eigenvalue weighted by Crippen LogP contribution is 2.35. The topological polar surface area (TPSA) is 127 Å². The smallest absolute Gasteiger partial charge is 0.416 e. The third-order valence-corrected chi connectivity index (χ3v) is 4.12. The fraction of sp³-hybridized carbons (Fsp3) is 0.316. The molecule has 4 N–H and O–H groups in total. The summed E-state index contributed by atoms with van der Waals surface area (Å²) in [5.41, 5.74) is -2.27. The largest absolute Gasteiger partial charge is 0.504 e. The number of aliphatic imine (C=N–C) groups is 1. The Bertz CT molecular complexity index is 920. The second-order valence-electron chi connectivity index (χ2n) is 6.29. The lowest BCUT2D eigenvalue weighted by Crippen LogP contribution is -2.39. The summed E-state index contributed by atoms with van der Waals surface area (Å²) in [6, 6.07) is 6.91. The van der Waals surface area contributed by atoms with E-state index < -0.39 is 37.1 Å². The Labute approximate surface area is 169 Å². The number of azo groups is 1. The molecule has 0 saturated carbocycles. The van der Waals surface area contributed by atoms with Crippen molar-refractivity contribution in [2.24, 2.45) is 15.2 Å². The summed E-state index contributed by atoms with van der Waals surface area (Å²) < 4.78 is 43.5. The molecule has 0 fully saturated rings. The van der Waals surface area contributed by atoms with Crippen molar-refractivity contribution < 1.29 is 38.3 Å². The minimum Gasteiger partial charge on any atom is -0.504 e. The number of ether oxygens (including phenoxy) is 1. The molecule has 0 aliphatic heterocycles. The lowest BCUT2D eigenvalue weighted by atomic mass is 10.0. The minimum absolute atomic E-state index is 0.0143. The van der Waals surface area contributed by atoms with Crippen LogP contribution in [-0.2, 0) is 6.18 Å². The quantitative estimate of drug-likeness (QED) is 0.381. The first-order valence-corrected chi connectivity index (χ1v) is 8.56. The molecule has 0 amide bonds. The molecule has 30 heavy (non-hydrogen) atoms. The molecule has 0 radical (unpaired) electrons. The number of aliphatic hydroxyl groups excluding tert-OH is 3. The molecule has 11 heteroatoms. The molecule has 162 valence electrons. The van der Waals surface area contributed by atoms with Gasteiger partial charge >= 0.3 is 6.18 Å². The van der Waals surface area contributed by atoms with E-state index in [1.807, 2.05) is 0 Å². The second kappa shape index (κ2) is 9.65. The summed E-state index contributed by atoms with van der Waals surface area (Å²) in [6.45, 7) is -1.95. The Morgan fingerprint density at radius 3 is 2.17 bits per heavy atom. The molecule has 2 aromatic rings. The first kappa shape index (κ1) is 23.3. The predicted octanol–water partition coefficient (Wildman–Crippen LogP) is 2.97. The predicted molar refractivity (Wildman–Crippen MR) is 102 cm³/mol. The van der Waals surface area contributed by atoms with Crippen molar-refractivity contribution in [3.8, 4) is 11.5 Å². The monoisotopic (exact) mass is 427 g/mol. The van der Waals surface area contributed by atoms with Crippen molar-refractivity contribution in [2.75, 3.05) is 26.9 Å². The molecule has 0 spiro atoms. The van der Waals surface area contributed by atoms with Crippen LogP contribution >= 0.6 is 0 Å². The van der Waals surface area contributed by atoms with Gasteiger partial charge in [-0.15, -0.1) is 0 Å². The molecule has 0 bridgehead atoms. The van der Waals surface area contributed by atoms with E-state index in [-0.39, 0.29) is 28.4 Å². The van der Waals surface area contributed by atoms with Gasteiger partial charge in [0.05, 0.1) is 43.9 Å². The van der Waals surface area contributed by atoms with Gasteiger partial charge in [-0.1, -0.05) is 6.07 Å². The summed E-state index contributed by atoms with van der Waals surface area (Å²) in [5.74, 6) is -0.346. The third-order valence-electron chi connectivity index (χ3n) is 4.12. The van der Waals surface area contributed by atoms with Gasteiger partial charge in [-0.25, -0.2) is 0 Å². The average molecular weight is 427 g/mol. The Kier molecular flexibility index (Phi) is 7.48. The molecule has 0 atom stereocenters. The van der Waals surface area contributed by atoms with E-state index in [0.29, 0.717) is 0 Å². The van der Waals surface area contributed by atoms with E-state index in [9.17, 15) is 33.6 Å². The number of nitrogens with zero attached hydrogens (tertiary/aromatic N) is 3. The van der Waals surface area contributed by atoms with Crippen LogP contribution in [0.2, 0.25) is 0 Å². The van der Waals surface area contributed by atoms with E-state index >= 15 is 0 Å². The summed E-state index contributed by atoms with van der Waals surface area (Å²) in [5, 5.41) is 45.9. The number of aliphatic hydroxyl groups is 3. The highest BCUT2D eigenvalue weighted by molar-refractivity contribution is 5.87. The van der Waals surface area contributed by atoms with Gasteiger partial charge in [0.1, 0.15) is 5.54 Å². The van der Waals surface area contributed by atoms with Crippen molar-refractivity contribution in [1.29, 1.82) is 0 Å². The second-order valence-corrected chi connectivity index (χ2v) is 6.29. The number of alkyl halides is 3. The molecule has 0 aliphatic rings. The van der Waals surface area contributed by atoms with Gasteiger partial charge in [0.15, 0.2) is 11.5 Å². The molecular formula is C19H20F3N3O5. The Morgan fingerprint density at radius 2 is 1.60 bits per heavy atom. The van der Waals surface area contributed by atoms with Crippen molar-refractivity contribution >= 4 is 17.6 Å². The van der Waals surface area contributed by atoms with Gasteiger partial charge in [-0.05, 0) is 24.3 Å². The average Bonchev–Trinajstić information content (AvgIpc) is 2.74. The van der Waals surface area contributed by atoms with E-state index in [0.717, 1.165) is 18.3 Å². The van der Waals surface area contributed by atoms with Crippen molar-refractivity contribution in [2.45, 2.75) is 11.7 Å². The molecule has 0 heterocycles. The SMILES string of the molecule is COc1cc(N=Nc2cccc(C(F)(F)F)c2)cc(C=NC(CO)(CO)CO)c1O. The number of phenolic OH excluding ortho intramolecular Hbond substituents is 1. The van der Waals surface area contributed by atoms with Gasteiger partial charge in [0, 0.05) is 17.8 Å². The van der Waals surface area contributed by atoms with E-state index in [1.165, 1.54) is 31.4 Å². The number of benzene rings is 2. The summed E-state index contributed by atoms with van der Waals surface area (Å²) in [6.07, 6.45) is -3.42. The standard InChI is InChI=1S/C19H20F3N3O5/c1-30-16-7-15(25-24-14-4-2-3-13(6-14)19(20,21)22)5-12(17(16)29)8-23-18(9-26,10-27)11-28/h2-8,26-29H,9-11H2,1H3. The van der Waals surface area contributed by atoms with Crippen LogP contribution in [-0.4, -0.2) is 59.1 Å². The van der Waals surface area contributed by atoms with Gasteiger partial charge in [0.25, 0.3) is 0 Å². The fourth-order valence-corrected chi connectivity index (χ4v) is 2.26. The lowest BCUT2D eigenvalue weighted by Gasteiger charge is -2.22. The summed E-state index contributed by atoms with van der Waals surface area (Å²) in [7, 11) is 1.28. The number of methoxy groups -OCH3 is 1. The summed E-state index contributed by atoms with van der Waals surface area (Å²) >= 11 is 0. The highest BCUT2D eigenvalue weighted by atomic mass is 19.4. The minimum atomic E-state index is -4.52. The zero-order chi connectivity index (χ0) is 22.4. The van der Waals surface area contributed by atoms with Crippen LogP contribution in [0.5, 0.6) is 11.5 Å². The molecule has 8 nitrogen and oxygen atoms in total. The van der Waals surface area contributed by atoms with Crippen LogP contribution in [0.25, 0.3) is 0 Å². The molecule has 0 aromatic heterocycles. The maximum Gasteiger partial charge on any atom is 0.416 e. The first-order chi connectivity index (χ1) is 14.2. The van der Waals surface area contributed by atoms with E-state index in [1.54, 1.807) is 0 Å². The van der Waals surface area contributed by atoms with Gasteiger partial charge in [-0.2, -0.15) is 23.4 Å². The number of aromatic hydroxyl groups is 1. The van der Waals surface area contributed by atoms with Crippen LogP contribution < -0.4 is 4.74 Å². The van der Waals surface area contributed by atoms with Crippen molar-refractivity contribution in [3.63, 3.8) is 0 Å². The van der Waals surface area contributed by atoms with Gasteiger partial charge in [0.2, 0.25) is 0 Å². The Morgan fingerprint density at radius 1 is 0.967 bits per heavy atom. The Hall–Kier alpha value is -3.02. The maximum atomic E-state index is 12.8. The van der Waals surface area contributed by atoms with Gasteiger partial charge < -0.3 is 25.2 Å². The molecule has 0 aliphatic carbocycles. The van der Waals surface area contributed by atoms with Crippen LogP contribution in [0.15, 0.2) is 51.6 Å². The summed E-state index contributed by atoms with van der Waals surface area (Å²) in [4.78, 5) is 3.93. The zero-order valence-electron chi connectivity index (χ0n) is 15.8. The number of rotatable bonds is 8. The third kappa shape index (κ3) is 5.53. The van der Waals surface area contributed by atoms with E-state index in [4.69, 9.17) is 4.74 Å². The van der Waals surface area contributed by atoms with Gasteiger partial charge in [-0.3, -0.25) is 4.99 Å². The lowest BCUT2D eigenvalue weighted by molar-refractivity contribution is -0.137. The van der Waals surface area contributed by atoms with Crippen LogP contribution in [0.3, 0.4) is 0 Å². The van der Waals surface area contributed by atoms with Crippen LogP contribution in [0.1, 0.15) is 11.1 Å². The maximum absolute atomic E-state index is 12.8. The van der Waals surface area contributed by atoms with E-state index in [2.05, 4.69) is 15.2 Å². The molecular weight excluding hydrogens is 407 g/mol. The van der Waals surface area contributed by atoms with Crippen molar-refractivity contribution in [1.82, 2.24) is 0 Å². The van der Waals surface area contributed by atoms with Crippen molar-refractivity contribution in [3.05, 3.63) is 47.5 Å². The number of hydrogen-bond donors (Lipinski definition) is 4. The molecule has 0 saturated heterocycles.